The Morgan fingerprint density at radius 2 is 2.27 bits per heavy atom. The molecule has 0 aromatic heterocycles. The Bertz CT molecular complexity index is 354. The van der Waals surface area contributed by atoms with E-state index in [0.29, 0.717) is 24.9 Å². The van der Waals surface area contributed by atoms with Crippen molar-refractivity contribution in [1.82, 2.24) is 5.32 Å². The number of carbonyl (C=O) groups is 1. The van der Waals surface area contributed by atoms with Crippen molar-refractivity contribution in [3.05, 3.63) is 34.6 Å². The minimum Gasteiger partial charge on any atom is -0.356 e. The minimum absolute atomic E-state index is 0.0302. The summed E-state index contributed by atoms with van der Waals surface area (Å²) in [5.41, 5.74) is 0.527. The summed E-state index contributed by atoms with van der Waals surface area (Å²) in [5.74, 6) is -0.428. The Balaban J connectivity index is 2.51. The molecule has 15 heavy (non-hydrogen) atoms. The fraction of sp³-hybridized carbons (Fsp3) is 0.364. The van der Waals surface area contributed by atoms with E-state index in [1.807, 2.05) is 0 Å². The van der Waals surface area contributed by atoms with Crippen LogP contribution in [0.1, 0.15) is 18.9 Å². The second-order valence-corrected chi connectivity index (χ2v) is 3.57. The van der Waals surface area contributed by atoms with Gasteiger partial charge in [0.15, 0.2) is 0 Å². The van der Waals surface area contributed by atoms with Crippen LogP contribution in [0.4, 0.5) is 4.39 Å². The highest BCUT2D eigenvalue weighted by atomic mass is 35.5. The zero-order chi connectivity index (χ0) is 11.3. The second-order valence-electron chi connectivity index (χ2n) is 3.17. The highest BCUT2D eigenvalue weighted by Crippen LogP contribution is 2.17. The lowest BCUT2D eigenvalue weighted by molar-refractivity contribution is -0.120. The van der Waals surface area contributed by atoms with E-state index in [9.17, 15) is 9.18 Å². The summed E-state index contributed by atoms with van der Waals surface area (Å²) >= 11 is 5.62. The van der Waals surface area contributed by atoms with Crippen LogP contribution in [-0.2, 0) is 11.2 Å². The molecule has 0 saturated carbocycles. The van der Waals surface area contributed by atoms with Crippen LogP contribution in [0.15, 0.2) is 18.2 Å². The molecule has 1 aromatic rings. The van der Waals surface area contributed by atoms with Crippen molar-refractivity contribution in [2.24, 2.45) is 0 Å². The lowest BCUT2D eigenvalue weighted by Gasteiger charge is -2.05. The van der Waals surface area contributed by atoms with Crippen LogP contribution in [0.3, 0.4) is 0 Å². The first-order valence-electron chi connectivity index (χ1n) is 4.84. The molecule has 0 heterocycles. The Morgan fingerprint density at radius 1 is 1.53 bits per heavy atom. The quantitative estimate of drug-likeness (QED) is 0.845. The number of rotatable bonds is 4. The van der Waals surface area contributed by atoms with Crippen LogP contribution in [0.25, 0.3) is 0 Å². The van der Waals surface area contributed by atoms with E-state index >= 15 is 0 Å². The molecule has 82 valence electrons. The van der Waals surface area contributed by atoms with E-state index in [0.717, 1.165) is 0 Å². The summed E-state index contributed by atoms with van der Waals surface area (Å²) in [7, 11) is 0. The third kappa shape index (κ3) is 3.51. The summed E-state index contributed by atoms with van der Waals surface area (Å²) in [4.78, 5) is 10.9. The van der Waals surface area contributed by atoms with Gasteiger partial charge < -0.3 is 5.32 Å². The maximum absolute atomic E-state index is 13.4. The van der Waals surface area contributed by atoms with Gasteiger partial charge in [0.1, 0.15) is 5.82 Å². The van der Waals surface area contributed by atoms with Gasteiger partial charge in [0.25, 0.3) is 0 Å². The number of halogens is 2. The normalized spacial score (nSPS) is 10.1. The molecule has 0 unspecified atom stereocenters. The van der Waals surface area contributed by atoms with Gasteiger partial charge in [0.2, 0.25) is 5.91 Å². The first kappa shape index (κ1) is 12.0. The third-order valence-electron chi connectivity index (χ3n) is 2.07. The van der Waals surface area contributed by atoms with Gasteiger partial charge in [-0.3, -0.25) is 4.79 Å². The molecule has 1 rings (SSSR count). The third-order valence-corrected chi connectivity index (χ3v) is 2.36. The lowest BCUT2D eigenvalue weighted by atomic mass is 10.1. The maximum Gasteiger partial charge on any atom is 0.219 e. The zero-order valence-corrected chi connectivity index (χ0v) is 9.27. The number of hydrogen-bond donors (Lipinski definition) is 1. The topological polar surface area (TPSA) is 29.1 Å². The predicted molar refractivity (Wildman–Crippen MR) is 58.4 cm³/mol. The van der Waals surface area contributed by atoms with Gasteiger partial charge in [0, 0.05) is 13.0 Å². The number of amides is 1. The maximum atomic E-state index is 13.4. The summed E-state index contributed by atoms with van der Waals surface area (Å²) < 4.78 is 13.4. The molecule has 0 fully saturated rings. The molecule has 1 aromatic carbocycles. The first-order valence-corrected chi connectivity index (χ1v) is 5.22. The van der Waals surface area contributed by atoms with Crippen LogP contribution in [0.2, 0.25) is 5.02 Å². The van der Waals surface area contributed by atoms with Gasteiger partial charge in [-0.05, 0) is 18.1 Å². The zero-order valence-electron chi connectivity index (χ0n) is 8.52. The summed E-state index contributed by atoms with van der Waals surface area (Å²) in [6, 6.07) is 4.87. The molecule has 1 amide bonds. The van der Waals surface area contributed by atoms with Crippen molar-refractivity contribution in [3.8, 4) is 0 Å². The summed E-state index contributed by atoms with van der Waals surface area (Å²) in [6.07, 6.45) is 0.899. The van der Waals surface area contributed by atoms with Crippen molar-refractivity contribution in [2.75, 3.05) is 6.54 Å². The first-order chi connectivity index (χ1) is 7.15. The Hall–Kier alpha value is -1.09. The monoisotopic (exact) mass is 229 g/mol. The molecule has 0 spiro atoms. The highest BCUT2D eigenvalue weighted by Gasteiger charge is 2.05. The molecule has 0 bridgehead atoms. The van der Waals surface area contributed by atoms with Gasteiger partial charge in [0.05, 0.1) is 5.02 Å². The predicted octanol–water partition coefficient (Wildman–Crippen LogP) is 2.55. The molecule has 2 nitrogen and oxygen atoms in total. The van der Waals surface area contributed by atoms with Crippen LogP contribution in [0.5, 0.6) is 0 Å². The van der Waals surface area contributed by atoms with E-state index in [4.69, 9.17) is 11.6 Å². The average Bonchev–Trinajstić information content (AvgIpc) is 2.24. The Kier molecular flexibility index (Phi) is 4.56. The molecule has 4 heteroatoms. The smallest absolute Gasteiger partial charge is 0.219 e. The minimum atomic E-state index is -0.398. The van der Waals surface area contributed by atoms with E-state index in [1.165, 1.54) is 6.07 Å². The Morgan fingerprint density at radius 3 is 2.93 bits per heavy atom. The number of nitrogens with one attached hydrogen (secondary N) is 1. The van der Waals surface area contributed by atoms with Gasteiger partial charge in [-0.2, -0.15) is 0 Å². The van der Waals surface area contributed by atoms with Gasteiger partial charge in [-0.1, -0.05) is 30.7 Å². The van der Waals surface area contributed by atoms with E-state index in [-0.39, 0.29) is 10.9 Å². The van der Waals surface area contributed by atoms with Gasteiger partial charge >= 0.3 is 0 Å². The van der Waals surface area contributed by atoms with Crippen LogP contribution in [-0.4, -0.2) is 12.5 Å². The molecule has 0 radical (unpaired) electrons. The fourth-order valence-electron chi connectivity index (χ4n) is 1.20. The number of hydrogen-bond acceptors (Lipinski definition) is 1. The van der Waals surface area contributed by atoms with E-state index in [2.05, 4.69) is 5.32 Å². The highest BCUT2D eigenvalue weighted by molar-refractivity contribution is 6.30. The molecular weight excluding hydrogens is 217 g/mol. The van der Waals surface area contributed by atoms with Gasteiger partial charge in [-0.15, -0.1) is 0 Å². The SMILES string of the molecule is CCC(=O)NCCc1cccc(Cl)c1F. The number of carbonyl (C=O) groups excluding carboxylic acids is 1. The van der Waals surface area contributed by atoms with Crippen LogP contribution in [0, 0.1) is 5.82 Å². The number of benzene rings is 1. The largest absolute Gasteiger partial charge is 0.356 e. The van der Waals surface area contributed by atoms with E-state index in [1.54, 1.807) is 19.1 Å². The molecule has 0 saturated heterocycles. The average molecular weight is 230 g/mol. The van der Waals surface area contributed by atoms with Gasteiger partial charge in [-0.25, -0.2) is 4.39 Å². The molecular formula is C11H13ClFNO. The van der Waals surface area contributed by atoms with Crippen molar-refractivity contribution < 1.29 is 9.18 Å². The molecule has 1 N–H and O–H groups in total. The lowest BCUT2D eigenvalue weighted by Crippen LogP contribution is -2.24. The van der Waals surface area contributed by atoms with Crippen LogP contribution < -0.4 is 5.32 Å². The van der Waals surface area contributed by atoms with Crippen molar-refractivity contribution in [2.45, 2.75) is 19.8 Å². The van der Waals surface area contributed by atoms with Crippen molar-refractivity contribution in [1.29, 1.82) is 0 Å². The molecule has 0 aliphatic carbocycles. The molecule has 0 atom stereocenters. The van der Waals surface area contributed by atoms with E-state index < -0.39 is 5.82 Å². The summed E-state index contributed by atoms with van der Waals surface area (Å²) in [6.45, 7) is 2.21. The van der Waals surface area contributed by atoms with Crippen molar-refractivity contribution in [3.63, 3.8) is 0 Å². The molecule has 0 aliphatic heterocycles. The van der Waals surface area contributed by atoms with Crippen molar-refractivity contribution >= 4 is 17.5 Å². The summed E-state index contributed by atoms with van der Waals surface area (Å²) in [5, 5.41) is 2.80. The second kappa shape index (κ2) is 5.71. The standard InChI is InChI=1S/C11H13ClFNO/c1-2-10(15)14-7-6-8-4-3-5-9(12)11(8)13/h3-5H,2,6-7H2,1H3,(H,14,15). The molecule has 0 aliphatic rings. The Labute approximate surface area is 93.4 Å². The van der Waals surface area contributed by atoms with Crippen LogP contribution >= 0.6 is 11.6 Å². The fourth-order valence-corrected chi connectivity index (χ4v) is 1.40.